The average Bonchev–Trinajstić information content (AvgIpc) is 3.00. The van der Waals surface area contributed by atoms with Crippen LogP contribution in [0, 0.1) is 17.2 Å². The van der Waals surface area contributed by atoms with E-state index >= 15 is 0 Å². The van der Waals surface area contributed by atoms with Crippen LogP contribution in [0.25, 0.3) is 0 Å². The molecule has 0 fully saturated rings. The highest BCUT2D eigenvalue weighted by Crippen LogP contribution is 2.42. The molecule has 2 atom stereocenters. The maximum Gasteiger partial charge on any atom is 0.336 e. The number of aliphatic imine (C=N–C) groups is 1. The van der Waals surface area contributed by atoms with Crippen molar-refractivity contribution >= 4 is 34.1 Å². The Kier molecular flexibility index (Phi) is 5.21. The molecule has 4 nitrogen and oxygen atoms in total. The van der Waals surface area contributed by atoms with Crippen LogP contribution in [0.4, 0.5) is 0 Å². The van der Waals surface area contributed by atoms with E-state index in [2.05, 4.69) is 11.1 Å². The van der Waals surface area contributed by atoms with Crippen molar-refractivity contribution in [3.63, 3.8) is 0 Å². The molecule has 0 amide bonds. The molecule has 0 saturated heterocycles. The van der Waals surface area contributed by atoms with Gasteiger partial charge < -0.3 is 4.74 Å². The Morgan fingerprint density at radius 1 is 1.62 bits per heavy atom. The molecule has 1 unspecified atom stereocenters. The van der Waals surface area contributed by atoms with Gasteiger partial charge in [-0.15, -0.1) is 23.1 Å². The Morgan fingerprint density at radius 2 is 2.38 bits per heavy atom. The van der Waals surface area contributed by atoms with Crippen LogP contribution in [-0.4, -0.2) is 23.9 Å². The van der Waals surface area contributed by atoms with E-state index in [-0.39, 0.29) is 5.92 Å². The molecule has 21 heavy (non-hydrogen) atoms. The van der Waals surface area contributed by atoms with Crippen molar-refractivity contribution in [1.29, 1.82) is 5.26 Å². The first-order valence-electron chi connectivity index (χ1n) is 6.57. The number of hydrogen-bond acceptors (Lipinski definition) is 6. The number of methoxy groups -OCH3 is 1. The second-order valence-electron chi connectivity index (χ2n) is 4.47. The predicted molar refractivity (Wildman–Crippen MR) is 86.4 cm³/mol. The fraction of sp³-hybridized carbons (Fsp3) is 0.400. The second-order valence-corrected chi connectivity index (χ2v) is 6.74. The van der Waals surface area contributed by atoms with Gasteiger partial charge in [0.05, 0.1) is 23.8 Å². The van der Waals surface area contributed by atoms with Gasteiger partial charge in [-0.2, -0.15) is 5.26 Å². The van der Waals surface area contributed by atoms with Crippen molar-refractivity contribution in [1.82, 2.24) is 0 Å². The van der Waals surface area contributed by atoms with Gasteiger partial charge in [0, 0.05) is 16.5 Å². The van der Waals surface area contributed by atoms with E-state index in [0.29, 0.717) is 11.3 Å². The summed E-state index contributed by atoms with van der Waals surface area (Å²) in [6.07, 6.45) is 0. The minimum atomic E-state index is -0.439. The highest BCUT2D eigenvalue weighted by Gasteiger charge is 2.39. The number of thioether (sulfide) groups is 1. The zero-order chi connectivity index (χ0) is 15.4. The van der Waals surface area contributed by atoms with Gasteiger partial charge in [0.2, 0.25) is 0 Å². The standard InChI is InChI=1S/C15H16N2O2S2/c1-4-20-14-10(8-16)13(11-6-5-7-21-11)12(9(2)17-14)15(18)19-3/h5-7,10,13H,4H2,1-3H3/t10?,13-/m0/s1. The van der Waals surface area contributed by atoms with Gasteiger partial charge >= 0.3 is 5.97 Å². The number of carbonyl (C=O) groups is 1. The smallest absolute Gasteiger partial charge is 0.336 e. The van der Waals surface area contributed by atoms with Crippen molar-refractivity contribution in [3.05, 3.63) is 33.7 Å². The van der Waals surface area contributed by atoms with Crippen molar-refractivity contribution in [2.75, 3.05) is 12.9 Å². The molecule has 2 heterocycles. The molecule has 0 saturated carbocycles. The average molecular weight is 320 g/mol. The van der Waals surface area contributed by atoms with E-state index in [1.54, 1.807) is 30.0 Å². The summed E-state index contributed by atoms with van der Waals surface area (Å²) in [5.41, 5.74) is 1.13. The van der Waals surface area contributed by atoms with Crippen LogP contribution in [0.1, 0.15) is 24.6 Å². The first kappa shape index (κ1) is 15.8. The third-order valence-corrected chi connectivity index (χ3v) is 5.15. The van der Waals surface area contributed by atoms with Crippen LogP contribution in [0.15, 0.2) is 33.8 Å². The van der Waals surface area contributed by atoms with Crippen LogP contribution >= 0.6 is 23.1 Å². The number of thiophene rings is 1. The highest BCUT2D eigenvalue weighted by molar-refractivity contribution is 8.14. The van der Waals surface area contributed by atoms with Crippen molar-refractivity contribution in [2.45, 2.75) is 19.8 Å². The van der Waals surface area contributed by atoms with Gasteiger partial charge in [0.25, 0.3) is 0 Å². The number of ether oxygens (including phenoxy) is 1. The van der Waals surface area contributed by atoms with E-state index in [0.717, 1.165) is 15.7 Å². The molecule has 110 valence electrons. The number of nitrogens with zero attached hydrogens (tertiary/aromatic N) is 2. The first-order valence-corrected chi connectivity index (χ1v) is 8.44. The molecule has 0 spiro atoms. The van der Waals surface area contributed by atoms with Gasteiger partial charge in [-0.1, -0.05) is 13.0 Å². The SMILES string of the molecule is CCSC1=NC(C)=C(C(=O)OC)[C@H](c2cccs2)C1C#N. The zero-order valence-electron chi connectivity index (χ0n) is 12.1. The number of rotatable bonds is 3. The predicted octanol–water partition coefficient (Wildman–Crippen LogP) is 3.58. The lowest BCUT2D eigenvalue weighted by Crippen LogP contribution is -2.28. The van der Waals surface area contributed by atoms with E-state index in [4.69, 9.17) is 4.74 Å². The maximum absolute atomic E-state index is 12.1. The Labute approximate surface area is 132 Å². The second kappa shape index (κ2) is 6.92. The first-order chi connectivity index (χ1) is 10.1. The molecular formula is C15H16N2O2S2. The molecule has 0 N–H and O–H groups in total. The summed E-state index contributed by atoms with van der Waals surface area (Å²) in [5.74, 6) is -0.300. The van der Waals surface area contributed by atoms with Crippen LogP contribution in [0.5, 0.6) is 0 Å². The summed E-state index contributed by atoms with van der Waals surface area (Å²) >= 11 is 3.10. The van der Waals surface area contributed by atoms with Gasteiger partial charge in [0.15, 0.2) is 0 Å². The van der Waals surface area contributed by atoms with Crippen molar-refractivity contribution < 1.29 is 9.53 Å². The molecule has 0 radical (unpaired) electrons. The number of nitriles is 1. The van der Waals surface area contributed by atoms with E-state index in [1.165, 1.54) is 7.11 Å². The van der Waals surface area contributed by atoms with Crippen molar-refractivity contribution in [3.8, 4) is 6.07 Å². The van der Waals surface area contributed by atoms with Crippen LogP contribution in [-0.2, 0) is 9.53 Å². The van der Waals surface area contributed by atoms with Gasteiger partial charge in [0.1, 0.15) is 5.92 Å². The molecule has 1 aliphatic rings. The van der Waals surface area contributed by atoms with Gasteiger partial charge in [-0.05, 0) is 24.1 Å². The quantitative estimate of drug-likeness (QED) is 0.799. The van der Waals surface area contributed by atoms with E-state index < -0.39 is 11.9 Å². The van der Waals surface area contributed by atoms with Gasteiger partial charge in [-0.25, -0.2) is 9.79 Å². The molecular weight excluding hydrogens is 304 g/mol. The third-order valence-electron chi connectivity index (χ3n) is 3.26. The maximum atomic E-state index is 12.1. The fourth-order valence-electron chi connectivity index (χ4n) is 2.39. The fourth-order valence-corrected chi connectivity index (χ4v) is 4.13. The minimum absolute atomic E-state index is 0.297. The number of esters is 1. The van der Waals surface area contributed by atoms with Crippen LogP contribution in [0.2, 0.25) is 0 Å². The Morgan fingerprint density at radius 3 is 2.90 bits per heavy atom. The summed E-state index contributed by atoms with van der Waals surface area (Å²) in [6, 6.07) is 6.20. The summed E-state index contributed by atoms with van der Waals surface area (Å²) in [6.45, 7) is 3.83. The Hall–Kier alpha value is -1.58. The number of allylic oxidation sites excluding steroid dienone is 1. The summed E-state index contributed by atoms with van der Waals surface area (Å²) in [5, 5.41) is 12.3. The molecule has 1 aromatic rings. The van der Waals surface area contributed by atoms with Crippen LogP contribution in [0.3, 0.4) is 0 Å². The molecule has 1 aliphatic heterocycles. The highest BCUT2D eigenvalue weighted by atomic mass is 32.2. The van der Waals surface area contributed by atoms with Crippen LogP contribution < -0.4 is 0 Å². The largest absolute Gasteiger partial charge is 0.466 e. The zero-order valence-corrected chi connectivity index (χ0v) is 13.8. The molecule has 2 rings (SSSR count). The van der Waals surface area contributed by atoms with E-state index in [1.807, 2.05) is 24.4 Å². The summed E-state index contributed by atoms with van der Waals surface area (Å²) in [4.78, 5) is 17.6. The molecule has 0 aliphatic carbocycles. The minimum Gasteiger partial charge on any atom is -0.466 e. The molecule has 0 aromatic carbocycles. The Bertz CT molecular complexity index is 627. The number of hydrogen-bond donors (Lipinski definition) is 0. The molecule has 0 bridgehead atoms. The summed E-state index contributed by atoms with van der Waals surface area (Å²) in [7, 11) is 1.36. The number of carbonyl (C=O) groups excluding carboxylic acids is 1. The summed E-state index contributed by atoms with van der Waals surface area (Å²) < 4.78 is 4.90. The molecule has 1 aromatic heterocycles. The lowest BCUT2D eigenvalue weighted by Gasteiger charge is -2.28. The lowest BCUT2D eigenvalue weighted by molar-refractivity contribution is -0.136. The Balaban J connectivity index is 2.58. The topological polar surface area (TPSA) is 62.4 Å². The van der Waals surface area contributed by atoms with Crippen molar-refractivity contribution in [2.24, 2.45) is 10.9 Å². The van der Waals surface area contributed by atoms with Gasteiger partial charge in [-0.3, -0.25) is 0 Å². The third kappa shape index (κ3) is 3.04. The monoisotopic (exact) mass is 320 g/mol. The normalized spacial score (nSPS) is 21.7. The van der Waals surface area contributed by atoms with E-state index in [9.17, 15) is 10.1 Å². The lowest BCUT2D eigenvalue weighted by atomic mass is 9.83. The molecule has 6 heteroatoms.